The lowest BCUT2D eigenvalue weighted by atomic mass is 10.1. The van der Waals surface area contributed by atoms with Crippen LogP contribution in [0.5, 0.6) is 5.75 Å². The molecule has 0 aliphatic carbocycles. The van der Waals surface area contributed by atoms with Crippen LogP contribution in [-0.4, -0.2) is 22.3 Å². The maximum atomic E-state index is 13.1. The third-order valence-corrected chi connectivity index (χ3v) is 2.27. The summed E-state index contributed by atoms with van der Waals surface area (Å²) < 4.78 is 18.2. The number of methoxy groups -OCH3 is 1. The van der Waals surface area contributed by atoms with E-state index in [1.165, 1.54) is 31.6 Å². The van der Waals surface area contributed by atoms with Gasteiger partial charge in [0.2, 0.25) is 0 Å². The molecule has 0 unspecified atom stereocenters. The van der Waals surface area contributed by atoms with Crippen LogP contribution in [0.25, 0.3) is 11.3 Å². The van der Waals surface area contributed by atoms with E-state index in [1.807, 2.05) is 0 Å². The maximum Gasteiger partial charge on any atom is 0.159 e. The van der Waals surface area contributed by atoms with E-state index in [2.05, 4.69) is 15.2 Å². The van der Waals surface area contributed by atoms with Gasteiger partial charge in [0, 0.05) is 0 Å². The number of rotatable bonds is 2. The number of nitrogens with zero attached hydrogens (tertiary/aromatic N) is 3. The molecule has 16 heavy (non-hydrogen) atoms. The normalized spacial score (nSPS) is 10.2. The molecule has 0 aliphatic heterocycles. The van der Waals surface area contributed by atoms with E-state index >= 15 is 0 Å². The van der Waals surface area contributed by atoms with Crippen molar-refractivity contribution in [2.45, 2.75) is 0 Å². The smallest absolute Gasteiger partial charge is 0.159 e. The molecule has 82 valence electrons. The lowest BCUT2D eigenvalue weighted by Gasteiger charge is -2.07. The highest BCUT2D eigenvalue weighted by Gasteiger charge is 2.13. The lowest BCUT2D eigenvalue weighted by Crippen LogP contribution is -1.95. The highest BCUT2D eigenvalue weighted by Crippen LogP contribution is 2.31. The molecule has 0 radical (unpaired) electrons. The van der Waals surface area contributed by atoms with Crippen LogP contribution in [0.4, 0.5) is 4.39 Å². The first kappa shape index (κ1) is 10.8. The van der Waals surface area contributed by atoms with Gasteiger partial charge in [-0.1, -0.05) is 11.6 Å². The molecule has 0 amide bonds. The number of benzene rings is 1. The molecule has 0 saturated carbocycles. The highest BCUT2D eigenvalue weighted by atomic mass is 35.5. The number of ether oxygens (including phenoxy) is 1. The predicted molar refractivity (Wildman–Crippen MR) is 56.8 cm³/mol. The molecule has 1 heterocycles. The Morgan fingerprint density at radius 2 is 2.19 bits per heavy atom. The van der Waals surface area contributed by atoms with Crippen molar-refractivity contribution >= 4 is 11.6 Å². The van der Waals surface area contributed by atoms with E-state index in [1.54, 1.807) is 0 Å². The van der Waals surface area contributed by atoms with Crippen molar-refractivity contribution < 1.29 is 9.13 Å². The van der Waals surface area contributed by atoms with Gasteiger partial charge in [0.1, 0.15) is 23.6 Å². The third kappa shape index (κ3) is 1.94. The van der Waals surface area contributed by atoms with E-state index in [-0.39, 0.29) is 5.15 Å². The van der Waals surface area contributed by atoms with Crippen molar-refractivity contribution in [1.29, 1.82) is 0 Å². The van der Waals surface area contributed by atoms with Crippen molar-refractivity contribution in [3.63, 3.8) is 0 Å². The molecule has 0 spiro atoms. The molecule has 1 aromatic carbocycles. The van der Waals surface area contributed by atoms with Gasteiger partial charge in [-0.05, 0) is 18.2 Å². The van der Waals surface area contributed by atoms with Gasteiger partial charge in [0.25, 0.3) is 0 Å². The minimum Gasteiger partial charge on any atom is -0.496 e. The lowest BCUT2D eigenvalue weighted by molar-refractivity contribution is 0.415. The summed E-state index contributed by atoms with van der Waals surface area (Å²) in [6, 6.07) is 4.06. The van der Waals surface area contributed by atoms with Crippen molar-refractivity contribution in [3.05, 3.63) is 35.5 Å². The van der Waals surface area contributed by atoms with Gasteiger partial charge in [0.15, 0.2) is 5.15 Å². The number of hydrogen-bond acceptors (Lipinski definition) is 4. The van der Waals surface area contributed by atoms with Crippen LogP contribution >= 0.6 is 11.6 Å². The first-order valence-corrected chi connectivity index (χ1v) is 4.77. The standard InChI is InChI=1S/C10H7ClFN3O/c1-16-8-3-2-6(12)4-7(8)9-10(11)13-5-14-15-9/h2-5H,1H3. The molecule has 0 aliphatic rings. The zero-order valence-corrected chi connectivity index (χ0v) is 9.07. The average Bonchev–Trinajstić information content (AvgIpc) is 2.29. The number of aromatic nitrogens is 3. The fourth-order valence-corrected chi connectivity index (χ4v) is 1.48. The summed E-state index contributed by atoms with van der Waals surface area (Å²) in [6.07, 6.45) is 1.22. The van der Waals surface area contributed by atoms with E-state index in [4.69, 9.17) is 16.3 Å². The topological polar surface area (TPSA) is 47.9 Å². The first-order valence-electron chi connectivity index (χ1n) is 4.39. The van der Waals surface area contributed by atoms with Crippen LogP contribution in [0.3, 0.4) is 0 Å². The van der Waals surface area contributed by atoms with Crippen LogP contribution in [0, 0.1) is 5.82 Å². The molecule has 1 aromatic heterocycles. The Balaban J connectivity index is 2.63. The SMILES string of the molecule is COc1ccc(F)cc1-c1nncnc1Cl. The number of hydrogen-bond donors (Lipinski definition) is 0. The number of halogens is 2. The van der Waals surface area contributed by atoms with Gasteiger partial charge >= 0.3 is 0 Å². The van der Waals surface area contributed by atoms with Crippen LogP contribution in [0.15, 0.2) is 24.5 Å². The second-order valence-corrected chi connectivity index (χ2v) is 3.30. The molecule has 0 saturated heterocycles. The molecule has 2 rings (SSSR count). The van der Waals surface area contributed by atoms with E-state index < -0.39 is 5.82 Å². The fourth-order valence-electron chi connectivity index (χ4n) is 1.29. The average molecular weight is 240 g/mol. The van der Waals surface area contributed by atoms with E-state index in [9.17, 15) is 4.39 Å². The Bertz CT molecular complexity index is 521. The Hall–Kier alpha value is -1.75. The van der Waals surface area contributed by atoms with Crippen molar-refractivity contribution in [2.75, 3.05) is 7.11 Å². The van der Waals surface area contributed by atoms with Crippen molar-refractivity contribution in [3.8, 4) is 17.0 Å². The Morgan fingerprint density at radius 3 is 2.88 bits per heavy atom. The predicted octanol–water partition coefficient (Wildman–Crippen LogP) is 2.34. The largest absolute Gasteiger partial charge is 0.496 e. The summed E-state index contributed by atoms with van der Waals surface area (Å²) in [4.78, 5) is 3.77. The van der Waals surface area contributed by atoms with Crippen molar-refractivity contribution in [1.82, 2.24) is 15.2 Å². The Kier molecular flexibility index (Phi) is 2.96. The van der Waals surface area contributed by atoms with Crippen LogP contribution in [-0.2, 0) is 0 Å². The molecular weight excluding hydrogens is 233 g/mol. The molecule has 6 heteroatoms. The minimum absolute atomic E-state index is 0.152. The highest BCUT2D eigenvalue weighted by molar-refractivity contribution is 6.31. The van der Waals surface area contributed by atoms with E-state index in [0.29, 0.717) is 17.0 Å². The van der Waals surface area contributed by atoms with Gasteiger partial charge in [-0.3, -0.25) is 0 Å². The summed E-state index contributed by atoms with van der Waals surface area (Å²) in [5, 5.41) is 7.56. The molecule has 0 N–H and O–H groups in total. The molecule has 0 fully saturated rings. The third-order valence-electron chi connectivity index (χ3n) is 1.99. The molecule has 2 aromatic rings. The molecule has 0 bridgehead atoms. The van der Waals surface area contributed by atoms with Gasteiger partial charge in [-0.2, -0.15) is 0 Å². The van der Waals surface area contributed by atoms with Crippen LogP contribution in [0.2, 0.25) is 5.15 Å². The summed E-state index contributed by atoms with van der Waals surface area (Å²) in [7, 11) is 1.48. The monoisotopic (exact) mass is 239 g/mol. The second-order valence-electron chi connectivity index (χ2n) is 2.94. The van der Waals surface area contributed by atoms with Gasteiger partial charge in [-0.25, -0.2) is 9.37 Å². The quantitative estimate of drug-likeness (QED) is 0.807. The molecule has 4 nitrogen and oxygen atoms in total. The second kappa shape index (κ2) is 4.40. The summed E-state index contributed by atoms with van der Waals surface area (Å²) in [6.45, 7) is 0. The fraction of sp³-hybridized carbons (Fsp3) is 0.100. The van der Waals surface area contributed by atoms with Crippen LogP contribution < -0.4 is 4.74 Å². The van der Waals surface area contributed by atoms with Gasteiger partial charge in [-0.15, -0.1) is 10.2 Å². The zero-order chi connectivity index (χ0) is 11.5. The van der Waals surface area contributed by atoms with Crippen molar-refractivity contribution in [2.24, 2.45) is 0 Å². The summed E-state index contributed by atoms with van der Waals surface area (Å²) in [5.41, 5.74) is 0.716. The Morgan fingerprint density at radius 1 is 1.38 bits per heavy atom. The summed E-state index contributed by atoms with van der Waals surface area (Å²) in [5.74, 6) is 0.0584. The maximum absolute atomic E-state index is 13.1. The molecular formula is C10H7ClFN3O. The molecule has 0 atom stereocenters. The van der Waals surface area contributed by atoms with Gasteiger partial charge < -0.3 is 4.74 Å². The first-order chi connectivity index (χ1) is 7.72. The minimum atomic E-state index is -0.405. The van der Waals surface area contributed by atoms with Crippen LogP contribution in [0.1, 0.15) is 0 Å². The van der Waals surface area contributed by atoms with Gasteiger partial charge in [0.05, 0.1) is 12.7 Å². The van der Waals surface area contributed by atoms with E-state index in [0.717, 1.165) is 0 Å². The Labute approximate surface area is 96.1 Å². The zero-order valence-electron chi connectivity index (χ0n) is 8.32. The summed E-state index contributed by atoms with van der Waals surface area (Å²) >= 11 is 5.85.